The molecule has 0 bridgehead atoms. The molecule has 2 aliphatic carbocycles. The van der Waals surface area contributed by atoms with E-state index in [9.17, 15) is 8.78 Å². The van der Waals surface area contributed by atoms with E-state index in [0.29, 0.717) is 11.4 Å². The Balaban J connectivity index is 2.20. The van der Waals surface area contributed by atoms with Gasteiger partial charge in [-0.15, -0.1) is 0 Å². The van der Waals surface area contributed by atoms with E-state index < -0.39 is 11.8 Å². The van der Waals surface area contributed by atoms with Gasteiger partial charge in [0, 0.05) is 25.6 Å². The number of allylic oxidation sites excluding steroid dienone is 2. The Labute approximate surface area is 85.8 Å². The lowest BCUT2D eigenvalue weighted by atomic mass is 9.81. The van der Waals surface area contributed by atoms with Crippen molar-refractivity contribution >= 4 is 5.82 Å². The van der Waals surface area contributed by atoms with Crippen LogP contribution in [-0.4, -0.2) is 24.3 Å². The monoisotopic (exact) mass is 211 g/mol. The number of rotatable bonds is 1. The van der Waals surface area contributed by atoms with Crippen LogP contribution in [0.2, 0.25) is 0 Å². The molecule has 0 saturated carbocycles. The largest absolute Gasteiger partial charge is 0.361 e. The van der Waals surface area contributed by atoms with Crippen LogP contribution in [0.1, 0.15) is 17.2 Å². The third-order valence-electron chi connectivity index (χ3n) is 3.21. The van der Waals surface area contributed by atoms with Gasteiger partial charge in [0.15, 0.2) is 5.82 Å². The molecular weight excluding hydrogens is 200 g/mol. The summed E-state index contributed by atoms with van der Waals surface area (Å²) in [6, 6.07) is 0. The molecule has 5 heteroatoms. The number of aromatic amines is 1. The highest BCUT2D eigenvalue weighted by Gasteiger charge is 2.58. The van der Waals surface area contributed by atoms with Crippen molar-refractivity contribution in [3.63, 3.8) is 0 Å². The molecule has 80 valence electrons. The molecule has 2 unspecified atom stereocenters. The van der Waals surface area contributed by atoms with Crippen molar-refractivity contribution in [3.05, 3.63) is 23.4 Å². The number of hydrogen-bond acceptors (Lipinski definition) is 2. The summed E-state index contributed by atoms with van der Waals surface area (Å²) in [6.45, 7) is 0. The Bertz CT molecular complexity index is 448. The summed E-state index contributed by atoms with van der Waals surface area (Å²) < 4.78 is 27.5. The first-order valence-corrected chi connectivity index (χ1v) is 4.85. The number of nitrogens with zero attached hydrogens (tertiary/aromatic N) is 2. The van der Waals surface area contributed by atoms with Crippen molar-refractivity contribution in [3.8, 4) is 0 Å². The van der Waals surface area contributed by atoms with Crippen LogP contribution in [0.5, 0.6) is 0 Å². The Morgan fingerprint density at radius 3 is 2.67 bits per heavy atom. The molecule has 0 saturated heterocycles. The fourth-order valence-electron chi connectivity index (χ4n) is 2.37. The molecule has 1 heterocycles. The van der Waals surface area contributed by atoms with Gasteiger partial charge in [-0.1, -0.05) is 12.2 Å². The van der Waals surface area contributed by atoms with Gasteiger partial charge in [-0.3, -0.25) is 5.10 Å². The normalized spacial score (nSPS) is 29.6. The fraction of sp³-hybridized carbons (Fsp3) is 0.500. The Hall–Kier alpha value is -1.39. The third-order valence-corrected chi connectivity index (χ3v) is 3.21. The van der Waals surface area contributed by atoms with Gasteiger partial charge in [-0.05, 0) is 0 Å². The predicted octanol–water partition coefficient (Wildman–Crippen LogP) is 1.85. The van der Waals surface area contributed by atoms with Crippen LogP contribution in [0, 0.1) is 5.92 Å². The topological polar surface area (TPSA) is 31.9 Å². The molecule has 0 radical (unpaired) electrons. The second-order valence-corrected chi connectivity index (χ2v) is 4.29. The Kier molecular flexibility index (Phi) is 1.42. The highest BCUT2D eigenvalue weighted by Crippen LogP contribution is 2.59. The number of hydrogen-bond donors (Lipinski definition) is 1. The van der Waals surface area contributed by atoms with Crippen LogP contribution >= 0.6 is 0 Å². The minimum absolute atomic E-state index is 0.00815. The minimum Gasteiger partial charge on any atom is -0.361 e. The molecular formula is C10H11F2N3. The van der Waals surface area contributed by atoms with Gasteiger partial charge in [-0.25, -0.2) is 0 Å². The molecule has 1 aromatic heterocycles. The van der Waals surface area contributed by atoms with E-state index >= 15 is 0 Å². The zero-order chi connectivity index (χ0) is 10.8. The van der Waals surface area contributed by atoms with Crippen molar-refractivity contribution in [2.45, 2.75) is 11.8 Å². The second-order valence-electron chi connectivity index (χ2n) is 4.29. The van der Waals surface area contributed by atoms with Gasteiger partial charge in [0.05, 0.1) is 5.92 Å². The summed E-state index contributed by atoms with van der Waals surface area (Å²) in [6.07, 6.45) is 3.41. The molecule has 1 N–H and O–H groups in total. The smallest absolute Gasteiger partial charge is 0.296 e. The van der Waals surface area contributed by atoms with Gasteiger partial charge < -0.3 is 4.90 Å². The first-order valence-electron chi connectivity index (χ1n) is 4.85. The molecule has 0 aliphatic heterocycles. The lowest BCUT2D eigenvalue weighted by molar-refractivity contribution is -0.0474. The van der Waals surface area contributed by atoms with Crippen molar-refractivity contribution in [1.82, 2.24) is 10.2 Å². The van der Waals surface area contributed by atoms with Gasteiger partial charge in [0.25, 0.3) is 5.92 Å². The van der Waals surface area contributed by atoms with Gasteiger partial charge in [-0.2, -0.15) is 13.9 Å². The highest BCUT2D eigenvalue weighted by molar-refractivity contribution is 5.59. The summed E-state index contributed by atoms with van der Waals surface area (Å²) >= 11 is 0. The van der Waals surface area contributed by atoms with E-state index in [-0.39, 0.29) is 11.6 Å². The summed E-state index contributed by atoms with van der Waals surface area (Å²) in [5.74, 6) is -2.98. The van der Waals surface area contributed by atoms with Crippen LogP contribution in [0.4, 0.5) is 14.6 Å². The molecule has 0 aromatic carbocycles. The Morgan fingerprint density at radius 2 is 2.13 bits per heavy atom. The number of anilines is 1. The van der Waals surface area contributed by atoms with Crippen molar-refractivity contribution in [1.29, 1.82) is 0 Å². The maximum Gasteiger partial charge on any atom is 0.296 e. The van der Waals surface area contributed by atoms with Crippen molar-refractivity contribution in [2.75, 3.05) is 19.0 Å². The van der Waals surface area contributed by atoms with Crippen LogP contribution in [0.15, 0.2) is 12.2 Å². The standard InChI is InChI=1S/C10H11F2N3/c1-15(2)9-7-5-3-4-6(5)10(11,12)8(7)13-14-9/h3-6H,1-2H3,(H,13,14). The maximum atomic E-state index is 13.8. The number of aromatic nitrogens is 2. The number of fused-ring (bicyclic) bond motifs is 3. The molecule has 3 rings (SSSR count). The molecule has 2 atom stereocenters. The highest BCUT2D eigenvalue weighted by atomic mass is 19.3. The van der Waals surface area contributed by atoms with Gasteiger partial charge >= 0.3 is 0 Å². The van der Waals surface area contributed by atoms with Crippen molar-refractivity contribution in [2.24, 2.45) is 5.92 Å². The van der Waals surface area contributed by atoms with E-state index in [1.165, 1.54) is 0 Å². The van der Waals surface area contributed by atoms with E-state index in [2.05, 4.69) is 10.2 Å². The fourth-order valence-corrected chi connectivity index (χ4v) is 2.37. The van der Waals surface area contributed by atoms with Crippen LogP contribution in [0.3, 0.4) is 0 Å². The van der Waals surface area contributed by atoms with Crippen molar-refractivity contribution < 1.29 is 8.78 Å². The van der Waals surface area contributed by atoms with E-state index in [4.69, 9.17) is 0 Å². The van der Waals surface area contributed by atoms with Crippen LogP contribution < -0.4 is 4.90 Å². The zero-order valence-electron chi connectivity index (χ0n) is 8.46. The predicted molar refractivity (Wildman–Crippen MR) is 52.2 cm³/mol. The quantitative estimate of drug-likeness (QED) is 0.719. The lowest BCUT2D eigenvalue weighted by Gasteiger charge is -2.27. The maximum absolute atomic E-state index is 13.8. The molecule has 2 aliphatic rings. The molecule has 3 nitrogen and oxygen atoms in total. The lowest BCUT2D eigenvalue weighted by Crippen LogP contribution is -2.26. The number of H-pyrrole nitrogens is 1. The zero-order valence-corrected chi connectivity index (χ0v) is 8.46. The molecule has 1 aromatic rings. The van der Waals surface area contributed by atoms with E-state index in [1.807, 2.05) is 20.2 Å². The number of halogens is 2. The second kappa shape index (κ2) is 2.40. The van der Waals surface area contributed by atoms with E-state index in [1.54, 1.807) is 11.0 Å². The number of nitrogens with one attached hydrogen (secondary N) is 1. The summed E-state index contributed by atoms with van der Waals surface area (Å²) in [7, 11) is 3.62. The minimum atomic E-state index is -2.78. The number of alkyl halides is 2. The summed E-state index contributed by atoms with van der Waals surface area (Å²) in [5.41, 5.74) is 0.656. The van der Waals surface area contributed by atoms with Crippen LogP contribution in [-0.2, 0) is 5.92 Å². The first-order chi connectivity index (χ1) is 7.03. The molecule has 0 spiro atoms. The third kappa shape index (κ3) is 0.861. The summed E-state index contributed by atoms with van der Waals surface area (Å²) in [5, 5.41) is 6.42. The van der Waals surface area contributed by atoms with Gasteiger partial charge in [0.2, 0.25) is 0 Å². The van der Waals surface area contributed by atoms with E-state index in [0.717, 1.165) is 0 Å². The average molecular weight is 211 g/mol. The first kappa shape index (κ1) is 8.88. The molecule has 15 heavy (non-hydrogen) atoms. The molecule has 0 amide bonds. The molecule has 0 fully saturated rings. The SMILES string of the molecule is CN(C)c1n[nH]c2c1C1C=CC1C2(F)F. The average Bonchev–Trinajstić information content (AvgIpc) is 2.50. The van der Waals surface area contributed by atoms with Gasteiger partial charge in [0.1, 0.15) is 5.69 Å². The van der Waals surface area contributed by atoms with Crippen LogP contribution in [0.25, 0.3) is 0 Å². The Morgan fingerprint density at radius 1 is 1.40 bits per heavy atom. The summed E-state index contributed by atoms with van der Waals surface area (Å²) in [4.78, 5) is 1.76.